The van der Waals surface area contributed by atoms with Gasteiger partial charge in [-0.05, 0) is 55.3 Å². The van der Waals surface area contributed by atoms with Crippen molar-refractivity contribution in [3.63, 3.8) is 0 Å². The molecule has 0 amide bonds. The summed E-state index contributed by atoms with van der Waals surface area (Å²) in [6.07, 6.45) is 4.09. The summed E-state index contributed by atoms with van der Waals surface area (Å²) in [5.74, 6) is 0.628. The molecule has 2 heteroatoms. The van der Waals surface area contributed by atoms with Gasteiger partial charge in [-0.3, -0.25) is 0 Å². The van der Waals surface area contributed by atoms with Gasteiger partial charge in [-0.1, -0.05) is 32.4 Å². The van der Waals surface area contributed by atoms with Gasteiger partial charge in [-0.15, -0.1) is 0 Å². The Kier molecular flexibility index (Phi) is 4.52. The van der Waals surface area contributed by atoms with Crippen molar-refractivity contribution in [2.45, 2.75) is 56.9 Å². The van der Waals surface area contributed by atoms with Crippen LogP contribution in [-0.4, -0.2) is 16.9 Å². The molecule has 1 aromatic rings. The Morgan fingerprint density at radius 1 is 1.18 bits per heavy atom. The third-order valence-electron chi connectivity index (χ3n) is 3.51. The van der Waals surface area contributed by atoms with E-state index in [1.165, 1.54) is 36.3 Å². The fourth-order valence-corrected chi connectivity index (χ4v) is 3.29. The van der Waals surface area contributed by atoms with Gasteiger partial charge < -0.3 is 0 Å². The van der Waals surface area contributed by atoms with Gasteiger partial charge in [0.2, 0.25) is 0 Å². The van der Waals surface area contributed by atoms with E-state index in [0.717, 1.165) is 6.04 Å². The highest BCUT2D eigenvalue weighted by molar-refractivity contribution is 7.97. The van der Waals surface area contributed by atoms with Gasteiger partial charge in [0.1, 0.15) is 0 Å². The van der Waals surface area contributed by atoms with Crippen molar-refractivity contribution in [3.8, 4) is 0 Å². The largest absolute Gasteiger partial charge is 0.244 e. The molecule has 0 aliphatic carbocycles. The monoisotopic (exact) mass is 249 g/mol. The molecule has 1 unspecified atom stereocenters. The Morgan fingerprint density at radius 2 is 1.88 bits per heavy atom. The second-order valence-corrected chi connectivity index (χ2v) is 6.42. The number of piperidine rings is 1. The maximum Gasteiger partial charge on any atom is 0.0230 e. The second-order valence-electron chi connectivity index (χ2n) is 5.30. The molecule has 0 saturated carbocycles. The van der Waals surface area contributed by atoms with Crippen molar-refractivity contribution in [3.05, 3.63) is 29.8 Å². The third-order valence-corrected chi connectivity index (χ3v) is 4.77. The molecule has 0 aromatic heterocycles. The van der Waals surface area contributed by atoms with E-state index in [9.17, 15) is 0 Å². The lowest BCUT2D eigenvalue weighted by atomic mass is 10.0. The average Bonchev–Trinajstić information content (AvgIpc) is 2.33. The predicted octanol–water partition coefficient (Wildman–Crippen LogP) is 4.69. The Bertz CT molecular complexity index is 344. The van der Waals surface area contributed by atoms with E-state index >= 15 is 0 Å². The van der Waals surface area contributed by atoms with Gasteiger partial charge in [0, 0.05) is 17.5 Å². The SMILES string of the molecule is CC(C)c1ccc(SN2CCCCC2C)cc1. The quantitative estimate of drug-likeness (QED) is 0.715. The summed E-state index contributed by atoms with van der Waals surface area (Å²) in [7, 11) is 0. The summed E-state index contributed by atoms with van der Waals surface area (Å²) in [6, 6.07) is 9.78. The van der Waals surface area contributed by atoms with Crippen LogP contribution in [0.15, 0.2) is 29.2 Å². The lowest BCUT2D eigenvalue weighted by molar-refractivity contribution is 0.292. The highest BCUT2D eigenvalue weighted by Gasteiger charge is 2.18. The number of hydrogen-bond acceptors (Lipinski definition) is 2. The van der Waals surface area contributed by atoms with E-state index in [-0.39, 0.29) is 0 Å². The molecule has 17 heavy (non-hydrogen) atoms. The molecule has 1 aliphatic heterocycles. The van der Waals surface area contributed by atoms with Crippen molar-refractivity contribution >= 4 is 11.9 Å². The minimum atomic E-state index is 0.628. The van der Waals surface area contributed by atoms with E-state index in [4.69, 9.17) is 0 Å². The number of nitrogens with zero attached hydrogens (tertiary/aromatic N) is 1. The van der Waals surface area contributed by atoms with E-state index in [1.54, 1.807) is 0 Å². The van der Waals surface area contributed by atoms with Gasteiger partial charge >= 0.3 is 0 Å². The molecule has 2 rings (SSSR count). The molecule has 1 atom stereocenters. The van der Waals surface area contributed by atoms with Crippen LogP contribution in [0.1, 0.15) is 51.5 Å². The maximum atomic E-state index is 2.54. The fraction of sp³-hybridized carbons (Fsp3) is 0.600. The fourth-order valence-electron chi connectivity index (χ4n) is 2.26. The van der Waals surface area contributed by atoms with Crippen LogP contribution in [0.3, 0.4) is 0 Å². The molecule has 0 bridgehead atoms. The first kappa shape index (κ1) is 13.0. The van der Waals surface area contributed by atoms with Crippen molar-refractivity contribution in [2.24, 2.45) is 0 Å². The van der Waals surface area contributed by atoms with Crippen molar-refractivity contribution in [2.75, 3.05) is 6.54 Å². The van der Waals surface area contributed by atoms with Crippen LogP contribution in [0.5, 0.6) is 0 Å². The minimum Gasteiger partial charge on any atom is -0.244 e. The van der Waals surface area contributed by atoms with Gasteiger partial charge in [0.25, 0.3) is 0 Å². The Morgan fingerprint density at radius 3 is 2.47 bits per heavy atom. The first-order valence-corrected chi connectivity index (χ1v) is 7.48. The lowest BCUT2D eigenvalue weighted by Crippen LogP contribution is -2.31. The Hall–Kier alpha value is -0.470. The van der Waals surface area contributed by atoms with Crippen LogP contribution in [0.25, 0.3) is 0 Å². The summed E-state index contributed by atoms with van der Waals surface area (Å²) in [5.41, 5.74) is 1.43. The van der Waals surface area contributed by atoms with Crippen LogP contribution >= 0.6 is 11.9 Å². The summed E-state index contributed by atoms with van der Waals surface area (Å²) in [5, 5.41) is 0. The Labute approximate surface area is 110 Å². The molecule has 1 nitrogen and oxygen atoms in total. The van der Waals surface area contributed by atoms with Gasteiger partial charge in [-0.25, -0.2) is 4.31 Å². The van der Waals surface area contributed by atoms with Crippen molar-refractivity contribution in [1.29, 1.82) is 0 Å². The molecular formula is C15H23NS. The minimum absolute atomic E-state index is 0.628. The second kappa shape index (κ2) is 5.92. The summed E-state index contributed by atoms with van der Waals surface area (Å²) in [6.45, 7) is 8.07. The zero-order valence-corrected chi connectivity index (χ0v) is 12.0. The number of rotatable bonds is 3. The summed E-state index contributed by atoms with van der Waals surface area (Å²) >= 11 is 1.93. The van der Waals surface area contributed by atoms with Crippen LogP contribution in [0.4, 0.5) is 0 Å². The lowest BCUT2D eigenvalue weighted by Gasteiger charge is -2.31. The maximum absolute atomic E-state index is 2.54. The molecule has 1 aliphatic rings. The van der Waals surface area contributed by atoms with E-state index in [0.29, 0.717) is 5.92 Å². The first-order valence-electron chi connectivity index (χ1n) is 6.71. The zero-order valence-electron chi connectivity index (χ0n) is 11.1. The van der Waals surface area contributed by atoms with Crippen LogP contribution in [-0.2, 0) is 0 Å². The number of benzene rings is 1. The van der Waals surface area contributed by atoms with Gasteiger partial charge in [-0.2, -0.15) is 0 Å². The topological polar surface area (TPSA) is 3.24 Å². The third kappa shape index (κ3) is 3.49. The molecule has 1 heterocycles. The molecule has 1 saturated heterocycles. The highest BCUT2D eigenvalue weighted by atomic mass is 32.2. The molecule has 0 spiro atoms. The van der Waals surface area contributed by atoms with Crippen molar-refractivity contribution in [1.82, 2.24) is 4.31 Å². The smallest absolute Gasteiger partial charge is 0.0230 e. The average molecular weight is 249 g/mol. The first-order chi connectivity index (χ1) is 8.16. The summed E-state index contributed by atoms with van der Waals surface area (Å²) in [4.78, 5) is 1.38. The van der Waals surface area contributed by atoms with Gasteiger partial charge in [0.05, 0.1) is 0 Å². The number of hydrogen-bond donors (Lipinski definition) is 0. The molecule has 1 aromatic carbocycles. The standard InChI is InChI=1S/C15H23NS/c1-12(2)14-7-9-15(10-8-14)17-16-11-5-4-6-13(16)3/h7-10,12-13H,4-6,11H2,1-3H3. The van der Waals surface area contributed by atoms with Crippen LogP contribution < -0.4 is 0 Å². The molecule has 1 fully saturated rings. The normalized spacial score (nSPS) is 22.0. The van der Waals surface area contributed by atoms with Crippen molar-refractivity contribution < 1.29 is 0 Å². The van der Waals surface area contributed by atoms with Gasteiger partial charge in [0.15, 0.2) is 0 Å². The molecule has 0 N–H and O–H groups in total. The zero-order chi connectivity index (χ0) is 12.3. The molecule has 0 radical (unpaired) electrons. The highest BCUT2D eigenvalue weighted by Crippen LogP contribution is 2.30. The van der Waals surface area contributed by atoms with Crippen LogP contribution in [0.2, 0.25) is 0 Å². The van der Waals surface area contributed by atoms with Crippen LogP contribution in [0, 0.1) is 0 Å². The van der Waals surface area contributed by atoms with E-state index in [1.807, 2.05) is 11.9 Å². The predicted molar refractivity (Wildman–Crippen MR) is 76.4 cm³/mol. The molecular weight excluding hydrogens is 226 g/mol. The Balaban J connectivity index is 1.98. The molecule has 94 valence electrons. The summed E-state index contributed by atoms with van der Waals surface area (Å²) < 4.78 is 2.54. The van der Waals surface area contributed by atoms with E-state index < -0.39 is 0 Å². The van der Waals surface area contributed by atoms with E-state index in [2.05, 4.69) is 49.3 Å².